The van der Waals surface area contributed by atoms with E-state index in [-0.39, 0.29) is 41.6 Å². The Morgan fingerprint density at radius 2 is 1.84 bits per heavy atom. The highest BCUT2D eigenvalue weighted by Crippen LogP contribution is 2.65. The normalized spacial score (nSPS) is 42.0. The number of aliphatic hydroxyl groups excluding tert-OH is 1. The van der Waals surface area contributed by atoms with Gasteiger partial charge in [-0.1, -0.05) is 18.6 Å². The van der Waals surface area contributed by atoms with Crippen molar-refractivity contribution in [3.63, 3.8) is 0 Å². The number of ether oxygens (including phenoxy) is 2. The summed E-state index contributed by atoms with van der Waals surface area (Å²) in [6.45, 7) is 9.76. The smallest absolute Gasteiger partial charge is 0.311 e. The maximum Gasteiger partial charge on any atom is 0.311 e. The summed E-state index contributed by atoms with van der Waals surface area (Å²) < 4.78 is 11.6. The summed E-state index contributed by atoms with van der Waals surface area (Å²) in [5, 5.41) is 10.6. The minimum Gasteiger partial charge on any atom is -0.462 e. The van der Waals surface area contributed by atoms with Crippen molar-refractivity contribution in [3.8, 4) is 0 Å². The summed E-state index contributed by atoms with van der Waals surface area (Å²) in [6.07, 6.45) is 9.96. The molecule has 0 aromatic heterocycles. The molecule has 0 aromatic rings. The van der Waals surface area contributed by atoms with Crippen molar-refractivity contribution in [1.29, 1.82) is 0 Å². The Labute approximate surface area is 186 Å². The van der Waals surface area contributed by atoms with E-state index in [9.17, 15) is 14.7 Å². The summed E-state index contributed by atoms with van der Waals surface area (Å²) in [6, 6.07) is 0. The molecule has 5 nitrogen and oxygen atoms in total. The van der Waals surface area contributed by atoms with Crippen LogP contribution in [-0.4, -0.2) is 35.9 Å². The van der Waals surface area contributed by atoms with Gasteiger partial charge >= 0.3 is 11.9 Å². The Balaban J connectivity index is 1.55. The fourth-order valence-corrected chi connectivity index (χ4v) is 7.51. The van der Waals surface area contributed by atoms with Crippen LogP contribution in [0.25, 0.3) is 0 Å². The molecule has 4 aliphatic rings. The van der Waals surface area contributed by atoms with Gasteiger partial charge in [-0.3, -0.25) is 9.59 Å². The van der Waals surface area contributed by atoms with Gasteiger partial charge in [0.25, 0.3) is 0 Å². The van der Waals surface area contributed by atoms with Gasteiger partial charge in [0.05, 0.1) is 12.0 Å². The fourth-order valence-electron chi connectivity index (χ4n) is 7.51. The topological polar surface area (TPSA) is 72.8 Å². The average molecular weight is 433 g/mol. The lowest BCUT2D eigenvalue weighted by molar-refractivity contribution is -0.169. The summed E-state index contributed by atoms with van der Waals surface area (Å²) >= 11 is 0. The molecule has 0 heterocycles. The van der Waals surface area contributed by atoms with Gasteiger partial charge in [0.1, 0.15) is 12.2 Å². The Kier molecular flexibility index (Phi) is 5.81. The first-order valence-electron chi connectivity index (χ1n) is 12.2. The largest absolute Gasteiger partial charge is 0.462 e. The van der Waals surface area contributed by atoms with Crippen LogP contribution in [0, 0.1) is 34.0 Å². The van der Waals surface area contributed by atoms with E-state index in [1.54, 1.807) is 0 Å². The number of aliphatic hydroxyl groups is 1. The van der Waals surface area contributed by atoms with E-state index in [0.717, 1.165) is 51.4 Å². The van der Waals surface area contributed by atoms with Gasteiger partial charge in [-0.25, -0.2) is 0 Å². The highest BCUT2D eigenvalue weighted by Gasteiger charge is 2.61. The molecule has 0 spiro atoms. The van der Waals surface area contributed by atoms with Gasteiger partial charge in [-0.15, -0.1) is 0 Å². The van der Waals surface area contributed by atoms with Crippen LogP contribution >= 0.6 is 0 Å². The van der Waals surface area contributed by atoms with Gasteiger partial charge in [-0.05, 0) is 83.5 Å². The van der Waals surface area contributed by atoms with E-state index in [0.29, 0.717) is 17.8 Å². The molecule has 4 rings (SSSR count). The molecule has 4 aliphatic carbocycles. The maximum absolute atomic E-state index is 12.6. The molecular formula is C26H40O5. The highest BCUT2D eigenvalue weighted by atomic mass is 16.5. The second-order valence-electron chi connectivity index (χ2n) is 11.9. The van der Waals surface area contributed by atoms with Gasteiger partial charge in [0.15, 0.2) is 0 Å². The zero-order valence-corrected chi connectivity index (χ0v) is 19.9. The van der Waals surface area contributed by atoms with Crippen LogP contribution in [-0.2, 0) is 19.1 Å². The molecule has 0 amide bonds. The minimum absolute atomic E-state index is 0.000306. The van der Waals surface area contributed by atoms with E-state index in [2.05, 4.69) is 13.0 Å². The Morgan fingerprint density at radius 1 is 1.10 bits per heavy atom. The molecule has 0 bridgehead atoms. The van der Waals surface area contributed by atoms with Crippen LogP contribution in [0.15, 0.2) is 11.6 Å². The fraction of sp³-hybridized carbons (Fsp3) is 0.846. The van der Waals surface area contributed by atoms with Crippen LogP contribution in [0.4, 0.5) is 0 Å². The van der Waals surface area contributed by atoms with Gasteiger partial charge in [0.2, 0.25) is 0 Å². The SMILES string of the molecule is CC(=O)O[C@H]1CC[C@@]2(CO)C(=CC[C@@H]3[C@@H]2CC[C@]2(C)[C@@H](OC(=O)C(C)(C)C)CC[C@@H]32)C1. The van der Waals surface area contributed by atoms with Crippen molar-refractivity contribution < 1.29 is 24.2 Å². The highest BCUT2D eigenvalue weighted by molar-refractivity contribution is 5.75. The summed E-state index contributed by atoms with van der Waals surface area (Å²) in [4.78, 5) is 24.1. The number of carbonyl (C=O) groups excluding carboxylic acids is 2. The molecule has 1 N–H and O–H groups in total. The molecule has 3 saturated carbocycles. The molecule has 7 atom stereocenters. The molecule has 174 valence electrons. The number of carbonyl (C=O) groups is 2. The van der Waals surface area contributed by atoms with Crippen LogP contribution in [0.1, 0.15) is 86.0 Å². The Morgan fingerprint density at radius 3 is 2.48 bits per heavy atom. The van der Waals surface area contributed by atoms with Crippen molar-refractivity contribution in [1.82, 2.24) is 0 Å². The monoisotopic (exact) mass is 432 g/mol. The zero-order valence-electron chi connectivity index (χ0n) is 19.9. The lowest BCUT2D eigenvalue weighted by Crippen LogP contribution is -2.54. The Bertz CT molecular complexity index is 764. The summed E-state index contributed by atoms with van der Waals surface area (Å²) in [5.41, 5.74) is 0.696. The molecule has 0 saturated heterocycles. The molecule has 0 aliphatic heterocycles. The lowest BCUT2D eigenvalue weighted by atomic mass is 9.47. The number of hydrogen-bond donors (Lipinski definition) is 1. The van der Waals surface area contributed by atoms with Gasteiger partial charge in [0, 0.05) is 24.2 Å². The number of fused-ring (bicyclic) bond motifs is 5. The molecule has 0 aromatic carbocycles. The van der Waals surface area contributed by atoms with E-state index < -0.39 is 5.41 Å². The first-order chi connectivity index (χ1) is 14.5. The van der Waals surface area contributed by atoms with Crippen LogP contribution in [0.5, 0.6) is 0 Å². The van der Waals surface area contributed by atoms with E-state index in [4.69, 9.17) is 9.47 Å². The molecule has 31 heavy (non-hydrogen) atoms. The third kappa shape index (κ3) is 3.75. The second-order valence-corrected chi connectivity index (χ2v) is 11.9. The van der Waals surface area contributed by atoms with E-state index in [1.807, 2.05) is 20.8 Å². The maximum atomic E-state index is 12.6. The number of rotatable bonds is 3. The van der Waals surface area contributed by atoms with Crippen LogP contribution in [0.2, 0.25) is 0 Å². The first kappa shape index (κ1) is 22.8. The van der Waals surface area contributed by atoms with Crippen molar-refractivity contribution in [2.24, 2.45) is 34.0 Å². The number of esters is 2. The molecular weight excluding hydrogens is 392 g/mol. The minimum atomic E-state index is -0.477. The zero-order chi connectivity index (χ0) is 22.6. The van der Waals surface area contributed by atoms with Crippen LogP contribution < -0.4 is 0 Å². The predicted molar refractivity (Wildman–Crippen MR) is 118 cm³/mol. The predicted octanol–water partition coefficient (Wildman–Crippen LogP) is 4.81. The summed E-state index contributed by atoms with van der Waals surface area (Å²) in [7, 11) is 0. The van der Waals surface area contributed by atoms with Crippen molar-refractivity contribution in [2.45, 2.75) is 98.2 Å². The van der Waals surface area contributed by atoms with E-state index >= 15 is 0 Å². The van der Waals surface area contributed by atoms with E-state index in [1.165, 1.54) is 12.5 Å². The first-order valence-corrected chi connectivity index (χ1v) is 12.2. The Hall–Kier alpha value is -1.36. The summed E-state index contributed by atoms with van der Waals surface area (Å²) in [5.74, 6) is 1.20. The van der Waals surface area contributed by atoms with Gasteiger partial charge < -0.3 is 14.6 Å². The van der Waals surface area contributed by atoms with Crippen molar-refractivity contribution in [3.05, 3.63) is 11.6 Å². The molecule has 5 heteroatoms. The lowest BCUT2D eigenvalue weighted by Gasteiger charge is -2.58. The number of allylic oxidation sites excluding steroid dienone is 1. The third-order valence-electron chi connectivity index (χ3n) is 9.17. The van der Waals surface area contributed by atoms with Crippen molar-refractivity contribution >= 4 is 11.9 Å². The van der Waals surface area contributed by atoms with Crippen molar-refractivity contribution in [2.75, 3.05) is 6.61 Å². The molecule has 0 radical (unpaired) electrons. The molecule has 0 unspecified atom stereocenters. The molecule has 3 fully saturated rings. The number of hydrogen-bond acceptors (Lipinski definition) is 5. The van der Waals surface area contributed by atoms with Gasteiger partial charge in [-0.2, -0.15) is 0 Å². The van der Waals surface area contributed by atoms with Crippen LogP contribution in [0.3, 0.4) is 0 Å². The average Bonchev–Trinajstić information content (AvgIpc) is 3.02. The standard InChI is InChI=1S/C26H40O5/c1-16(28)30-18-10-13-26(15-27)17(14-18)6-7-19-20-8-9-22(31-23(29)24(2,3)4)25(20,5)12-11-21(19)26/h6,18-22,27H,7-15H2,1-5H3/t18-,19-,20-,21-,22-,25-,26+/m0/s1. The third-order valence-corrected chi connectivity index (χ3v) is 9.17. The second kappa shape index (κ2) is 7.90. The quantitative estimate of drug-likeness (QED) is 0.512.